The van der Waals surface area contributed by atoms with Crippen molar-refractivity contribution in [2.24, 2.45) is 5.41 Å². The molecule has 3 atom stereocenters. The molecule has 3 heteroatoms. The number of carboxylic acid groups (broad SMARTS) is 1. The van der Waals surface area contributed by atoms with Crippen LogP contribution in [0.4, 0.5) is 0 Å². The Bertz CT molecular complexity index is 237. The second-order valence-electron chi connectivity index (χ2n) is 4.28. The normalized spacial score (nSPS) is 31.0. The van der Waals surface area contributed by atoms with Crippen molar-refractivity contribution in [1.29, 1.82) is 0 Å². The van der Waals surface area contributed by atoms with Crippen LogP contribution in [-0.4, -0.2) is 23.3 Å². The largest absolute Gasteiger partial charge is 0.481 e. The van der Waals surface area contributed by atoms with E-state index < -0.39 is 11.4 Å². The van der Waals surface area contributed by atoms with Crippen molar-refractivity contribution in [3.05, 3.63) is 12.7 Å². The highest BCUT2D eigenvalue weighted by Crippen LogP contribution is 2.32. The van der Waals surface area contributed by atoms with Crippen LogP contribution in [0, 0.1) is 5.41 Å². The molecule has 1 fully saturated rings. The van der Waals surface area contributed by atoms with E-state index >= 15 is 0 Å². The minimum Gasteiger partial charge on any atom is -0.481 e. The van der Waals surface area contributed by atoms with Gasteiger partial charge in [0.1, 0.15) is 0 Å². The van der Waals surface area contributed by atoms with E-state index in [0.29, 0.717) is 6.42 Å². The summed E-state index contributed by atoms with van der Waals surface area (Å²) < 4.78 is 5.60. The lowest BCUT2D eigenvalue weighted by molar-refractivity contribution is -0.147. The van der Waals surface area contributed by atoms with Gasteiger partial charge in [0.2, 0.25) is 0 Å². The van der Waals surface area contributed by atoms with Crippen molar-refractivity contribution in [3.63, 3.8) is 0 Å². The van der Waals surface area contributed by atoms with Gasteiger partial charge >= 0.3 is 5.97 Å². The SMILES string of the molecule is C=CC(C)(CC1CCC(C)O1)C(=O)O. The molecule has 1 aliphatic rings. The van der Waals surface area contributed by atoms with Gasteiger partial charge in [-0.15, -0.1) is 6.58 Å². The molecule has 0 aromatic heterocycles. The van der Waals surface area contributed by atoms with Gasteiger partial charge in [0.25, 0.3) is 0 Å². The molecule has 0 aromatic rings. The van der Waals surface area contributed by atoms with Crippen molar-refractivity contribution in [3.8, 4) is 0 Å². The van der Waals surface area contributed by atoms with Crippen LogP contribution < -0.4 is 0 Å². The Morgan fingerprint density at radius 3 is 2.71 bits per heavy atom. The van der Waals surface area contributed by atoms with Crippen LogP contribution >= 0.6 is 0 Å². The molecule has 3 nitrogen and oxygen atoms in total. The maximum Gasteiger partial charge on any atom is 0.313 e. The topological polar surface area (TPSA) is 46.5 Å². The lowest BCUT2D eigenvalue weighted by atomic mass is 9.84. The summed E-state index contributed by atoms with van der Waals surface area (Å²) in [5.74, 6) is -0.823. The van der Waals surface area contributed by atoms with E-state index in [9.17, 15) is 4.79 Å². The summed E-state index contributed by atoms with van der Waals surface area (Å²) in [7, 11) is 0. The third-order valence-electron chi connectivity index (χ3n) is 2.91. The van der Waals surface area contributed by atoms with Crippen LogP contribution in [0.15, 0.2) is 12.7 Å². The van der Waals surface area contributed by atoms with Crippen molar-refractivity contribution < 1.29 is 14.6 Å². The second kappa shape index (κ2) is 4.13. The van der Waals surface area contributed by atoms with Gasteiger partial charge < -0.3 is 9.84 Å². The fourth-order valence-electron chi connectivity index (χ4n) is 1.77. The molecular weight excluding hydrogens is 180 g/mol. The number of aliphatic carboxylic acids is 1. The fourth-order valence-corrected chi connectivity index (χ4v) is 1.77. The predicted octanol–water partition coefficient (Wildman–Crippen LogP) is 2.22. The van der Waals surface area contributed by atoms with Gasteiger partial charge in [0, 0.05) is 0 Å². The third kappa shape index (κ3) is 2.35. The fraction of sp³-hybridized carbons (Fsp3) is 0.727. The molecule has 0 radical (unpaired) electrons. The van der Waals surface area contributed by atoms with Crippen LogP contribution in [0.2, 0.25) is 0 Å². The van der Waals surface area contributed by atoms with Gasteiger partial charge in [0.05, 0.1) is 17.6 Å². The van der Waals surface area contributed by atoms with Gasteiger partial charge in [-0.2, -0.15) is 0 Å². The minimum absolute atomic E-state index is 0.0732. The van der Waals surface area contributed by atoms with Crippen LogP contribution in [-0.2, 0) is 9.53 Å². The Hall–Kier alpha value is -0.830. The van der Waals surface area contributed by atoms with Gasteiger partial charge in [0.15, 0.2) is 0 Å². The van der Waals surface area contributed by atoms with Crippen LogP contribution in [0.5, 0.6) is 0 Å². The summed E-state index contributed by atoms with van der Waals surface area (Å²) in [6.45, 7) is 7.29. The van der Waals surface area contributed by atoms with Gasteiger partial charge in [-0.1, -0.05) is 6.08 Å². The molecule has 0 aromatic carbocycles. The minimum atomic E-state index is -0.852. The molecule has 1 heterocycles. The Balaban J connectivity index is 2.57. The number of hydrogen-bond donors (Lipinski definition) is 1. The van der Waals surface area contributed by atoms with E-state index in [1.165, 1.54) is 6.08 Å². The average molecular weight is 198 g/mol. The molecule has 0 saturated carbocycles. The van der Waals surface area contributed by atoms with E-state index in [-0.39, 0.29) is 12.2 Å². The van der Waals surface area contributed by atoms with E-state index in [1.807, 2.05) is 6.92 Å². The first-order valence-electron chi connectivity index (χ1n) is 5.00. The highest BCUT2D eigenvalue weighted by molar-refractivity contribution is 5.76. The third-order valence-corrected chi connectivity index (χ3v) is 2.91. The van der Waals surface area contributed by atoms with Crippen molar-refractivity contribution in [1.82, 2.24) is 0 Å². The summed E-state index contributed by atoms with van der Waals surface area (Å²) >= 11 is 0. The number of carboxylic acids is 1. The molecule has 0 spiro atoms. The molecule has 1 rings (SSSR count). The number of ether oxygens (including phenoxy) is 1. The maximum absolute atomic E-state index is 11.0. The van der Waals surface area contributed by atoms with Crippen LogP contribution in [0.25, 0.3) is 0 Å². The van der Waals surface area contributed by atoms with Gasteiger partial charge in [-0.3, -0.25) is 4.79 Å². The monoisotopic (exact) mass is 198 g/mol. The Morgan fingerprint density at radius 2 is 2.36 bits per heavy atom. The van der Waals surface area contributed by atoms with Crippen molar-refractivity contribution in [2.75, 3.05) is 0 Å². The lowest BCUT2D eigenvalue weighted by Gasteiger charge is -2.23. The quantitative estimate of drug-likeness (QED) is 0.704. The van der Waals surface area contributed by atoms with Gasteiger partial charge in [-0.05, 0) is 33.1 Å². The first kappa shape index (κ1) is 11.2. The Morgan fingerprint density at radius 1 is 1.71 bits per heavy atom. The van der Waals surface area contributed by atoms with E-state index in [0.717, 1.165) is 12.8 Å². The molecule has 80 valence electrons. The predicted molar refractivity (Wildman–Crippen MR) is 54.1 cm³/mol. The molecule has 0 amide bonds. The van der Waals surface area contributed by atoms with E-state index in [2.05, 4.69) is 6.58 Å². The highest BCUT2D eigenvalue weighted by Gasteiger charge is 2.35. The zero-order valence-corrected chi connectivity index (χ0v) is 8.82. The Labute approximate surface area is 84.8 Å². The molecule has 3 unspecified atom stereocenters. The number of hydrogen-bond acceptors (Lipinski definition) is 2. The molecule has 14 heavy (non-hydrogen) atoms. The standard InChI is InChI=1S/C11H18O3/c1-4-11(3,10(12)13)7-9-6-5-8(2)14-9/h4,8-9H,1,5-7H2,2-3H3,(H,12,13). The zero-order chi connectivity index (χ0) is 10.8. The summed E-state index contributed by atoms with van der Waals surface area (Å²) in [6, 6.07) is 0. The number of rotatable bonds is 4. The summed E-state index contributed by atoms with van der Waals surface area (Å²) in [5.41, 5.74) is -0.852. The van der Waals surface area contributed by atoms with E-state index in [4.69, 9.17) is 9.84 Å². The summed E-state index contributed by atoms with van der Waals surface area (Å²) in [5, 5.41) is 9.03. The van der Waals surface area contributed by atoms with Crippen LogP contribution in [0.1, 0.15) is 33.1 Å². The zero-order valence-electron chi connectivity index (χ0n) is 8.82. The molecule has 1 N–H and O–H groups in total. The second-order valence-corrected chi connectivity index (χ2v) is 4.28. The molecule has 0 aliphatic carbocycles. The van der Waals surface area contributed by atoms with E-state index in [1.54, 1.807) is 6.92 Å². The average Bonchev–Trinajstić information content (AvgIpc) is 2.50. The first-order valence-corrected chi connectivity index (χ1v) is 5.00. The number of carbonyl (C=O) groups is 1. The van der Waals surface area contributed by atoms with Gasteiger partial charge in [-0.25, -0.2) is 0 Å². The Kier molecular flexibility index (Phi) is 3.32. The maximum atomic E-state index is 11.0. The molecule has 1 saturated heterocycles. The summed E-state index contributed by atoms with van der Waals surface area (Å²) in [4.78, 5) is 11.0. The van der Waals surface area contributed by atoms with Crippen molar-refractivity contribution in [2.45, 2.75) is 45.3 Å². The molecule has 1 aliphatic heterocycles. The lowest BCUT2D eigenvalue weighted by Crippen LogP contribution is -2.30. The summed E-state index contributed by atoms with van der Waals surface area (Å²) in [6.07, 6.45) is 4.35. The highest BCUT2D eigenvalue weighted by atomic mass is 16.5. The first-order chi connectivity index (χ1) is 6.48. The molecular formula is C11H18O3. The smallest absolute Gasteiger partial charge is 0.313 e. The van der Waals surface area contributed by atoms with Crippen LogP contribution in [0.3, 0.4) is 0 Å². The molecule has 0 bridgehead atoms. The van der Waals surface area contributed by atoms with Crippen molar-refractivity contribution >= 4 is 5.97 Å².